The highest BCUT2D eigenvalue weighted by Gasteiger charge is 2.20. The average Bonchev–Trinajstić information content (AvgIpc) is 2.97. The summed E-state index contributed by atoms with van der Waals surface area (Å²) in [7, 11) is 0. The van der Waals surface area contributed by atoms with E-state index >= 15 is 0 Å². The van der Waals surface area contributed by atoms with Gasteiger partial charge in [0.15, 0.2) is 0 Å². The van der Waals surface area contributed by atoms with Crippen LogP contribution >= 0.6 is 0 Å². The minimum atomic E-state index is 0.145. The van der Waals surface area contributed by atoms with Gasteiger partial charge < -0.3 is 4.90 Å². The van der Waals surface area contributed by atoms with Crippen molar-refractivity contribution in [3.63, 3.8) is 0 Å². The number of amides is 1. The third kappa shape index (κ3) is 4.16. The van der Waals surface area contributed by atoms with Crippen molar-refractivity contribution in [2.75, 3.05) is 32.7 Å². The van der Waals surface area contributed by atoms with Crippen LogP contribution in [-0.2, 0) is 6.54 Å². The van der Waals surface area contributed by atoms with E-state index in [1.165, 1.54) is 0 Å². The van der Waals surface area contributed by atoms with E-state index in [0.717, 1.165) is 56.8 Å². The lowest BCUT2D eigenvalue weighted by molar-refractivity contribution is 0.0761. The molecule has 0 radical (unpaired) electrons. The lowest BCUT2D eigenvalue weighted by Gasteiger charge is -2.22. The van der Waals surface area contributed by atoms with Crippen molar-refractivity contribution in [2.45, 2.75) is 19.9 Å². The third-order valence-electron chi connectivity index (χ3n) is 4.25. The van der Waals surface area contributed by atoms with Gasteiger partial charge in [-0.1, -0.05) is 17.7 Å². The predicted octanol–water partition coefficient (Wildman–Crippen LogP) is 1.43. The van der Waals surface area contributed by atoms with Gasteiger partial charge in [-0.3, -0.25) is 14.4 Å². The van der Waals surface area contributed by atoms with E-state index in [1.807, 2.05) is 40.8 Å². The van der Waals surface area contributed by atoms with Crippen LogP contribution < -0.4 is 0 Å². The Morgan fingerprint density at radius 1 is 1.17 bits per heavy atom. The lowest BCUT2D eigenvalue weighted by atomic mass is 10.1. The molecule has 0 atom stereocenters. The number of aryl methyl sites for hydroxylation is 1. The fourth-order valence-electron chi connectivity index (χ4n) is 2.95. The molecule has 0 spiro atoms. The zero-order chi connectivity index (χ0) is 16.1. The number of benzene rings is 1. The van der Waals surface area contributed by atoms with Gasteiger partial charge in [-0.25, -0.2) is 4.98 Å². The Morgan fingerprint density at radius 2 is 2.09 bits per heavy atom. The van der Waals surface area contributed by atoms with Crippen molar-refractivity contribution in [1.82, 2.24) is 24.6 Å². The van der Waals surface area contributed by atoms with Gasteiger partial charge in [-0.15, -0.1) is 0 Å². The molecule has 1 amide bonds. The maximum absolute atomic E-state index is 12.6. The first-order valence-electron chi connectivity index (χ1n) is 8.13. The molecule has 1 aromatic heterocycles. The van der Waals surface area contributed by atoms with Crippen LogP contribution in [0.4, 0.5) is 0 Å². The summed E-state index contributed by atoms with van der Waals surface area (Å²) in [6.45, 7) is 7.34. The van der Waals surface area contributed by atoms with E-state index in [0.29, 0.717) is 0 Å². The van der Waals surface area contributed by atoms with Crippen LogP contribution in [0.15, 0.2) is 36.9 Å². The fraction of sp³-hybridized carbons (Fsp3) is 0.471. The largest absolute Gasteiger partial charge is 0.337 e. The Kier molecular flexibility index (Phi) is 5.02. The average molecular weight is 313 g/mol. The molecule has 122 valence electrons. The summed E-state index contributed by atoms with van der Waals surface area (Å²) >= 11 is 0. The maximum Gasteiger partial charge on any atom is 0.253 e. The molecule has 1 fully saturated rings. The molecule has 1 aromatic carbocycles. The number of aromatic nitrogens is 3. The number of nitrogens with zero attached hydrogens (tertiary/aromatic N) is 5. The van der Waals surface area contributed by atoms with Crippen LogP contribution in [0.2, 0.25) is 0 Å². The Balaban J connectivity index is 1.54. The number of hydrogen-bond acceptors (Lipinski definition) is 4. The molecule has 0 N–H and O–H groups in total. The highest BCUT2D eigenvalue weighted by atomic mass is 16.2. The Bertz CT molecular complexity index is 640. The first kappa shape index (κ1) is 15.7. The van der Waals surface area contributed by atoms with Gasteiger partial charge in [-0.2, -0.15) is 5.10 Å². The minimum Gasteiger partial charge on any atom is -0.337 e. The summed E-state index contributed by atoms with van der Waals surface area (Å²) in [5.74, 6) is 0.145. The normalized spacial score (nSPS) is 16.3. The molecule has 6 heteroatoms. The van der Waals surface area contributed by atoms with Crippen molar-refractivity contribution >= 4 is 5.91 Å². The van der Waals surface area contributed by atoms with Crippen molar-refractivity contribution in [3.8, 4) is 0 Å². The molecule has 2 aromatic rings. The zero-order valence-electron chi connectivity index (χ0n) is 13.6. The van der Waals surface area contributed by atoms with Crippen LogP contribution in [0.25, 0.3) is 0 Å². The minimum absolute atomic E-state index is 0.145. The molecule has 3 rings (SSSR count). The van der Waals surface area contributed by atoms with Crippen molar-refractivity contribution in [2.24, 2.45) is 0 Å². The standard InChI is InChI=1S/C17H23N5O/c1-15-4-2-5-16(12-15)17(23)21-7-3-6-20(8-10-21)9-11-22-14-18-13-19-22/h2,4-5,12-14H,3,6-11H2,1H3. The van der Waals surface area contributed by atoms with Crippen LogP contribution in [-0.4, -0.2) is 63.2 Å². The quantitative estimate of drug-likeness (QED) is 0.857. The first-order chi connectivity index (χ1) is 11.2. The second-order valence-electron chi connectivity index (χ2n) is 6.02. The van der Waals surface area contributed by atoms with E-state index in [1.54, 1.807) is 12.7 Å². The molecule has 0 aliphatic carbocycles. The monoisotopic (exact) mass is 313 g/mol. The predicted molar refractivity (Wildman–Crippen MR) is 88.2 cm³/mol. The van der Waals surface area contributed by atoms with Gasteiger partial charge in [0.05, 0.1) is 6.54 Å². The third-order valence-corrected chi connectivity index (χ3v) is 4.25. The van der Waals surface area contributed by atoms with Crippen LogP contribution in [0.3, 0.4) is 0 Å². The second-order valence-corrected chi connectivity index (χ2v) is 6.02. The van der Waals surface area contributed by atoms with Gasteiger partial charge in [0.1, 0.15) is 12.7 Å². The Hall–Kier alpha value is -2.21. The molecule has 2 heterocycles. The maximum atomic E-state index is 12.6. The van der Waals surface area contributed by atoms with Crippen molar-refractivity contribution in [1.29, 1.82) is 0 Å². The molecular formula is C17H23N5O. The second kappa shape index (κ2) is 7.37. The van der Waals surface area contributed by atoms with Gasteiger partial charge in [0.25, 0.3) is 5.91 Å². The van der Waals surface area contributed by atoms with Gasteiger partial charge in [0, 0.05) is 31.7 Å². The summed E-state index contributed by atoms with van der Waals surface area (Å²) in [5, 5.41) is 4.13. The molecule has 1 aliphatic heterocycles. The summed E-state index contributed by atoms with van der Waals surface area (Å²) in [6.07, 6.45) is 4.31. The first-order valence-corrected chi connectivity index (χ1v) is 8.13. The van der Waals surface area contributed by atoms with Crippen molar-refractivity contribution in [3.05, 3.63) is 48.0 Å². The highest BCUT2D eigenvalue weighted by molar-refractivity contribution is 5.94. The SMILES string of the molecule is Cc1cccc(C(=O)N2CCCN(CCn3cncn3)CC2)c1. The highest BCUT2D eigenvalue weighted by Crippen LogP contribution is 2.11. The summed E-state index contributed by atoms with van der Waals surface area (Å²) in [5.41, 5.74) is 1.92. The fourth-order valence-corrected chi connectivity index (χ4v) is 2.95. The van der Waals surface area contributed by atoms with Crippen LogP contribution in [0.1, 0.15) is 22.3 Å². The van der Waals surface area contributed by atoms with Gasteiger partial charge >= 0.3 is 0 Å². The molecule has 1 saturated heterocycles. The van der Waals surface area contributed by atoms with Crippen molar-refractivity contribution < 1.29 is 4.79 Å². The van der Waals surface area contributed by atoms with Crippen LogP contribution in [0.5, 0.6) is 0 Å². The van der Waals surface area contributed by atoms with E-state index in [2.05, 4.69) is 15.0 Å². The summed E-state index contributed by atoms with van der Waals surface area (Å²) in [4.78, 5) is 21.0. The summed E-state index contributed by atoms with van der Waals surface area (Å²) in [6, 6.07) is 7.84. The van der Waals surface area contributed by atoms with E-state index in [-0.39, 0.29) is 5.91 Å². The number of rotatable bonds is 4. The lowest BCUT2D eigenvalue weighted by Crippen LogP contribution is -2.36. The molecule has 0 bridgehead atoms. The zero-order valence-corrected chi connectivity index (χ0v) is 13.6. The number of hydrogen-bond donors (Lipinski definition) is 0. The van der Waals surface area contributed by atoms with Gasteiger partial charge in [-0.05, 0) is 32.0 Å². The molecule has 6 nitrogen and oxygen atoms in total. The Labute approximate surface area is 136 Å². The molecule has 0 saturated carbocycles. The van der Waals surface area contributed by atoms with Crippen LogP contribution in [0, 0.1) is 6.92 Å². The Morgan fingerprint density at radius 3 is 2.87 bits per heavy atom. The van der Waals surface area contributed by atoms with E-state index in [4.69, 9.17) is 0 Å². The summed E-state index contributed by atoms with van der Waals surface area (Å²) < 4.78 is 1.85. The topological polar surface area (TPSA) is 54.3 Å². The number of carbonyl (C=O) groups is 1. The molecular weight excluding hydrogens is 290 g/mol. The molecule has 0 unspecified atom stereocenters. The molecule has 1 aliphatic rings. The van der Waals surface area contributed by atoms with E-state index in [9.17, 15) is 4.79 Å². The number of carbonyl (C=O) groups excluding carboxylic acids is 1. The van der Waals surface area contributed by atoms with E-state index < -0.39 is 0 Å². The molecule has 23 heavy (non-hydrogen) atoms. The smallest absolute Gasteiger partial charge is 0.253 e. The van der Waals surface area contributed by atoms with Gasteiger partial charge in [0.2, 0.25) is 0 Å².